The van der Waals surface area contributed by atoms with Crippen LogP contribution in [0, 0.1) is 34.5 Å². The van der Waals surface area contributed by atoms with Gasteiger partial charge < -0.3 is 49.4 Å². The Labute approximate surface area is 364 Å². The van der Waals surface area contributed by atoms with Crippen molar-refractivity contribution in [2.45, 2.75) is 115 Å². The maximum absolute atomic E-state index is 14.9. The number of ketones is 1. The van der Waals surface area contributed by atoms with E-state index in [-0.39, 0.29) is 18.6 Å². The zero-order valence-electron chi connectivity index (χ0n) is 35.8. The summed E-state index contributed by atoms with van der Waals surface area (Å²) in [7, 11) is 0. The van der Waals surface area contributed by atoms with Crippen LogP contribution in [0.2, 0.25) is 0 Å². The molecule has 0 aromatic heterocycles. The lowest BCUT2D eigenvalue weighted by atomic mass is 9.43. The van der Waals surface area contributed by atoms with Gasteiger partial charge in [0.2, 0.25) is 6.10 Å². The van der Waals surface area contributed by atoms with Crippen molar-refractivity contribution in [2.24, 2.45) is 34.5 Å². The molecule has 4 aliphatic rings. The molecule has 2 aromatic rings. The topological polar surface area (TPSA) is 242 Å². The fourth-order valence-electron chi connectivity index (χ4n) is 10.2. The van der Waals surface area contributed by atoms with Crippen LogP contribution < -0.4 is 5.32 Å². The highest BCUT2D eigenvalue weighted by Crippen LogP contribution is 2.63. The summed E-state index contributed by atoms with van der Waals surface area (Å²) in [5.74, 6) is -9.50. The van der Waals surface area contributed by atoms with E-state index in [2.05, 4.69) is 5.32 Å². The fraction of sp³-hybridized carbons (Fsp3) is 0.600. The number of carboxylic acids is 1. The lowest BCUT2D eigenvalue weighted by molar-refractivity contribution is -0.304. The molecule has 2 aromatic carbocycles. The minimum absolute atomic E-state index is 0.0760. The average molecular weight is 884 g/mol. The van der Waals surface area contributed by atoms with Gasteiger partial charge in [-0.15, -0.1) is 11.8 Å². The molecule has 1 amide bonds. The van der Waals surface area contributed by atoms with Crippen LogP contribution in [0.1, 0.15) is 83.3 Å². The molecule has 6 rings (SSSR count). The van der Waals surface area contributed by atoms with Gasteiger partial charge in [-0.3, -0.25) is 14.4 Å². The van der Waals surface area contributed by atoms with Crippen molar-refractivity contribution in [3.63, 3.8) is 0 Å². The number of hydrogen-bond donors (Lipinski definition) is 5. The van der Waals surface area contributed by atoms with Crippen LogP contribution in [-0.4, -0.2) is 122 Å². The molecule has 62 heavy (non-hydrogen) atoms. The second kappa shape index (κ2) is 17.9. The molecule has 16 nitrogen and oxygen atoms in total. The maximum Gasteiger partial charge on any atom is 0.408 e. The summed E-state index contributed by atoms with van der Waals surface area (Å²) in [4.78, 5) is 81.6. The van der Waals surface area contributed by atoms with E-state index in [1.165, 1.54) is 19.1 Å². The molecular weight excluding hydrogens is 827 g/mol. The second-order valence-corrected chi connectivity index (χ2v) is 19.6. The van der Waals surface area contributed by atoms with Crippen LogP contribution >= 0.6 is 11.8 Å². The first-order valence-corrected chi connectivity index (χ1v) is 21.9. The van der Waals surface area contributed by atoms with E-state index in [4.69, 9.17) is 28.8 Å². The zero-order chi connectivity index (χ0) is 45.5. The summed E-state index contributed by atoms with van der Waals surface area (Å²) in [6, 6.07) is 14.7. The normalized spacial score (nSPS) is 33.3. The van der Waals surface area contributed by atoms with Crippen LogP contribution in [0.25, 0.3) is 0 Å². The molecule has 0 spiro atoms. The number of thioether (sulfide) groups is 1. The first kappa shape index (κ1) is 46.9. The summed E-state index contributed by atoms with van der Waals surface area (Å²) in [6.07, 6.45) is -9.81. The lowest BCUT2D eigenvalue weighted by Crippen LogP contribution is -2.77. The Kier molecular flexibility index (Phi) is 13.6. The van der Waals surface area contributed by atoms with Gasteiger partial charge in [-0.25, -0.2) is 14.4 Å². The third-order valence-corrected chi connectivity index (χ3v) is 14.3. The number of carbonyl (C=O) groups is 6. The molecule has 13 atom stereocenters. The highest BCUT2D eigenvalue weighted by molar-refractivity contribution is 8.00. The Bertz CT molecular complexity index is 2010. The molecule has 1 aliphatic heterocycles. The van der Waals surface area contributed by atoms with E-state index in [9.17, 15) is 44.1 Å². The number of carbonyl (C=O) groups excluding carboxylic acids is 5. The Morgan fingerprint density at radius 3 is 2.15 bits per heavy atom. The standard InChI is InChI=1S/C45H57NO15S/c1-23-28(58-40(54)36(59-31(50)22-62-21-30(48)49)34(24-14-10-8-11-15-24)46-41(55)61-42(2,3)4)19-45(56)38(60-39(53)25-16-12-9-13-17-25)33-26-20-57-27(26)18-29(47)44(33,7)37(52)35(51)32(23)43(45,5)6/h8-17,23,26-29,32-36,38,47,51,56H,18-22H2,1-7H3,(H,46,55)(H,48,49)/t23?,26-,27-,28+,29+,32?,33+,34+,35-,36-,38+,44-,45-/m1/s1. The number of ether oxygens (including phenoxy) is 5. The van der Waals surface area contributed by atoms with E-state index < -0.39 is 142 Å². The summed E-state index contributed by atoms with van der Waals surface area (Å²) in [5.41, 5.74) is -5.84. The Morgan fingerprint density at radius 1 is 0.935 bits per heavy atom. The predicted molar refractivity (Wildman–Crippen MR) is 221 cm³/mol. The van der Waals surface area contributed by atoms with Crippen molar-refractivity contribution in [2.75, 3.05) is 18.1 Å². The molecule has 4 fully saturated rings. The smallest absolute Gasteiger partial charge is 0.408 e. The van der Waals surface area contributed by atoms with Crippen molar-refractivity contribution in [1.82, 2.24) is 5.32 Å². The molecule has 3 aliphatic carbocycles. The van der Waals surface area contributed by atoms with Crippen molar-refractivity contribution in [3.8, 4) is 0 Å². The zero-order valence-corrected chi connectivity index (χ0v) is 36.7. The SMILES string of the molecule is CC1C2[C@@H](O)C(=O)[C@@]3(C)[C@@H]([C@@H]4CO[C@@H]4C[C@@H]3O)[C@H](OC(=O)c3ccccc3)[C@](O)(C[C@@H]1OC(=O)[C@H](OC(=O)CSCC(=O)O)[C@@H](NC(=O)OC(C)(C)C)c1ccccc1)C2(C)C. The highest BCUT2D eigenvalue weighted by atomic mass is 32.2. The van der Waals surface area contributed by atoms with E-state index in [0.717, 1.165) is 11.8 Å². The number of aliphatic carboxylic acids is 1. The number of rotatable bonds is 12. The Hall–Kier alpha value is -4.55. The molecule has 17 heteroatoms. The molecule has 0 radical (unpaired) electrons. The molecule has 1 heterocycles. The van der Waals surface area contributed by atoms with Crippen molar-refractivity contribution < 1.29 is 72.9 Å². The van der Waals surface area contributed by atoms with Crippen LogP contribution in [0.5, 0.6) is 0 Å². The minimum atomic E-state index is -2.17. The number of fused-ring (bicyclic) bond motifs is 5. The van der Waals surface area contributed by atoms with Gasteiger partial charge in [0.1, 0.15) is 35.6 Å². The van der Waals surface area contributed by atoms with Gasteiger partial charge in [-0.05, 0) is 51.3 Å². The van der Waals surface area contributed by atoms with Crippen LogP contribution in [0.4, 0.5) is 4.79 Å². The Morgan fingerprint density at radius 2 is 1.56 bits per heavy atom. The van der Waals surface area contributed by atoms with Gasteiger partial charge in [0, 0.05) is 36.0 Å². The third kappa shape index (κ3) is 8.96. The monoisotopic (exact) mass is 883 g/mol. The number of alkyl carbamates (subject to hydrolysis) is 1. The summed E-state index contributed by atoms with van der Waals surface area (Å²) in [6.45, 7) is 11.5. The van der Waals surface area contributed by atoms with E-state index >= 15 is 0 Å². The predicted octanol–water partition coefficient (Wildman–Crippen LogP) is 3.88. The molecule has 1 saturated heterocycles. The number of Topliss-reactive ketones (excluding diaryl/α,β-unsaturated/α-hetero) is 1. The number of amides is 1. The number of nitrogens with one attached hydrogen (secondary N) is 1. The minimum Gasteiger partial charge on any atom is -0.481 e. The number of aliphatic hydroxyl groups excluding tert-OH is 2. The molecule has 338 valence electrons. The first-order valence-electron chi connectivity index (χ1n) is 20.8. The number of esters is 3. The van der Waals surface area contributed by atoms with Crippen LogP contribution in [-0.2, 0) is 42.9 Å². The fourth-order valence-corrected chi connectivity index (χ4v) is 10.7. The van der Waals surface area contributed by atoms with Gasteiger partial charge in [-0.2, -0.15) is 0 Å². The first-order chi connectivity index (χ1) is 29.0. The van der Waals surface area contributed by atoms with Crippen molar-refractivity contribution in [1.29, 1.82) is 0 Å². The van der Waals surface area contributed by atoms with Crippen molar-refractivity contribution in [3.05, 3.63) is 71.8 Å². The van der Waals surface area contributed by atoms with Crippen LogP contribution in [0.15, 0.2) is 60.7 Å². The molecular formula is C45H57NO15S. The maximum atomic E-state index is 14.9. The second-order valence-electron chi connectivity index (χ2n) is 18.6. The molecule has 2 bridgehead atoms. The summed E-state index contributed by atoms with van der Waals surface area (Å²) >= 11 is 0.722. The molecule has 2 unspecified atom stereocenters. The number of benzene rings is 2. The number of carboxylic acid groups (broad SMARTS) is 1. The quantitative estimate of drug-likeness (QED) is 0.150. The average Bonchev–Trinajstić information content (AvgIpc) is 3.19. The molecule has 3 saturated carbocycles. The molecule has 5 N–H and O–H groups in total. The van der Waals surface area contributed by atoms with Gasteiger partial charge in [-0.1, -0.05) is 69.3 Å². The lowest BCUT2D eigenvalue weighted by Gasteiger charge is -2.66. The highest BCUT2D eigenvalue weighted by Gasteiger charge is 2.74. The summed E-state index contributed by atoms with van der Waals surface area (Å²) in [5, 5.41) is 49.3. The largest absolute Gasteiger partial charge is 0.481 e. The van der Waals surface area contributed by atoms with Gasteiger partial charge in [0.25, 0.3) is 0 Å². The van der Waals surface area contributed by atoms with E-state index in [1.807, 2.05) is 0 Å². The van der Waals surface area contributed by atoms with Gasteiger partial charge in [0.15, 0.2) is 5.78 Å². The third-order valence-electron chi connectivity index (χ3n) is 13.4. The van der Waals surface area contributed by atoms with Crippen LogP contribution in [0.3, 0.4) is 0 Å². The van der Waals surface area contributed by atoms with Gasteiger partial charge >= 0.3 is 30.0 Å². The van der Waals surface area contributed by atoms with E-state index in [0.29, 0.717) is 5.56 Å². The Balaban J connectivity index is 1.44. The van der Waals surface area contributed by atoms with Crippen molar-refractivity contribution >= 4 is 47.5 Å². The van der Waals surface area contributed by atoms with E-state index in [1.54, 1.807) is 90.1 Å². The summed E-state index contributed by atoms with van der Waals surface area (Å²) < 4.78 is 29.7. The number of hydrogen-bond acceptors (Lipinski definition) is 15. The van der Waals surface area contributed by atoms with Gasteiger partial charge in [0.05, 0.1) is 41.3 Å². The number of aliphatic hydroxyl groups is 3.